The van der Waals surface area contributed by atoms with Gasteiger partial charge in [-0.25, -0.2) is 0 Å². The van der Waals surface area contributed by atoms with Crippen LogP contribution in [0.5, 0.6) is 0 Å². The zero-order chi connectivity index (χ0) is 17.9. The van der Waals surface area contributed by atoms with E-state index in [0.717, 1.165) is 0 Å². The minimum absolute atomic E-state index is 0. The Morgan fingerprint density at radius 2 is 0.381 bits per heavy atom. The average Bonchev–Trinajstić information content (AvgIpc) is 1.94. The molecule has 0 saturated heterocycles. The van der Waals surface area contributed by atoms with Gasteiger partial charge in [0.05, 0.1) is 7.32 Å². The van der Waals surface area contributed by atoms with Gasteiger partial charge in [-0.3, -0.25) is 0 Å². The smallest absolute Gasteiger partial charge is 0.871 e. The fourth-order valence-corrected chi connectivity index (χ4v) is 0. The van der Waals surface area contributed by atoms with Gasteiger partial charge >= 0.3 is 46.4 Å². The van der Waals surface area contributed by atoms with Gasteiger partial charge in [0, 0.05) is 0 Å². The third kappa shape index (κ3) is 113000. The Morgan fingerprint density at radius 1 is 0.381 bits per heavy atom. The fraction of sp³-hybridized carbons (Fsp3) is 0. The standard InChI is InChI=1S/4BH3O3.BHO3.Mn/c5*2-1(3)4;/h4*2-4H;2H;/q;;;;-2;+2. The molecule has 0 amide bonds. The van der Waals surface area contributed by atoms with Crippen LogP contribution in [0, 0.1) is 0 Å². The number of hydrogen-bond acceptors (Lipinski definition) is 15. The summed E-state index contributed by atoms with van der Waals surface area (Å²) in [4.78, 5) is 0. The Kier molecular flexibility index (Phi) is 57.6. The van der Waals surface area contributed by atoms with Crippen LogP contribution in [0.1, 0.15) is 0 Å². The summed E-state index contributed by atoms with van der Waals surface area (Å²) in [6.45, 7) is 0. The van der Waals surface area contributed by atoms with Crippen molar-refractivity contribution in [2.75, 3.05) is 0 Å². The van der Waals surface area contributed by atoms with Crippen LogP contribution in [-0.4, -0.2) is 102 Å². The SMILES string of the molecule is OB(O)O.OB(O)O.OB(O)O.OB(O)O.[Mn+2].[O-]B([O-])O. The van der Waals surface area contributed by atoms with Crippen molar-refractivity contribution in [3.8, 4) is 0 Å². The van der Waals surface area contributed by atoms with Crippen LogP contribution in [0.15, 0.2) is 0 Å². The van der Waals surface area contributed by atoms with Gasteiger partial charge in [-0.1, -0.05) is 0 Å². The van der Waals surface area contributed by atoms with Crippen LogP contribution < -0.4 is 10.0 Å². The number of rotatable bonds is 0. The van der Waals surface area contributed by atoms with Gasteiger partial charge in [-0.15, -0.1) is 0 Å². The van der Waals surface area contributed by atoms with Gasteiger partial charge in [-0.2, -0.15) is 0 Å². The first-order chi connectivity index (χ1) is 8.66. The maximum atomic E-state index is 8.53. The van der Waals surface area contributed by atoms with Crippen molar-refractivity contribution >= 4 is 36.6 Å². The summed E-state index contributed by atoms with van der Waals surface area (Å²) in [6.07, 6.45) is 0. The fourth-order valence-electron chi connectivity index (χ4n) is 0. The minimum Gasteiger partial charge on any atom is -0.871 e. The van der Waals surface area contributed by atoms with Crippen molar-refractivity contribution in [1.29, 1.82) is 0 Å². The molecule has 0 saturated carbocycles. The Morgan fingerprint density at radius 3 is 0.381 bits per heavy atom. The maximum Gasteiger partial charge on any atom is 2.00 e. The molecule has 0 aliphatic carbocycles. The van der Waals surface area contributed by atoms with E-state index in [1.807, 2.05) is 0 Å². The molecule has 0 aliphatic heterocycles. The molecule has 0 unspecified atom stereocenters. The molecular formula is H13B5MnO15. The van der Waals surface area contributed by atoms with Crippen molar-refractivity contribution in [2.45, 2.75) is 0 Å². The van der Waals surface area contributed by atoms with Gasteiger partial charge in [-0.05, 0) is 0 Å². The largest absolute Gasteiger partial charge is 2.00 e. The predicted molar refractivity (Wildman–Crippen MR) is 57.6 cm³/mol. The van der Waals surface area contributed by atoms with Gasteiger partial charge in [0.25, 0.3) is 0 Å². The Bertz CT molecular complexity index is 80.6. The molecule has 13 N–H and O–H groups in total. The summed E-state index contributed by atoms with van der Waals surface area (Å²) >= 11 is 0. The number of hydrogen-bond donors (Lipinski definition) is 13. The van der Waals surface area contributed by atoms with E-state index in [1.165, 1.54) is 0 Å². The first-order valence-electron chi connectivity index (χ1n) is 3.83. The molecule has 0 atom stereocenters. The predicted octanol–water partition coefficient (Wildman–Crippen LogP) is -11.5. The van der Waals surface area contributed by atoms with Gasteiger partial charge in [0.2, 0.25) is 0 Å². The Labute approximate surface area is 130 Å². The molecule has 21 heavy (non-hydrogen) atoms. The zero-order valence-corrected chi connectivity index (χ0v) is 11.1. The molecule has 0 aromatic heterocycles. The zero-order valence-electron chi connectivity index (χ0n) is 9.89. The molecular weight excluding hydrogens is 349 g/mol. The molecule has 0 aliphatic rings. The quantitative estimate of drug-likeness (QED) is 0.178. The van der Waals surface area contributed by atoms with Crippen LogP contribution in [0.4, 0.5) is 0 Å². The second kappa shape index (κ2) is 32.3. The van der Waals surface area contributed by atoms with E-state index in [9.17, 15) is 0 Å². The van der Waals surface area contributed by atoms with E-state index in [0.29, 0.717) is 0 Å². The van der Waals surface area contributed by atoms with Crippen LogP contribution in [0.3, 0.4) is 0 Å². The first-order valence-corrected chi connectivity index (χ1v) is 3.83. The summed E-state index contributed by atoms with van der Waals surface area (Å²) in [7, 11) is -11.3. The van der Waals surface area contributed by atoms with Crippen molar-refractivity contribution in [2.24, 2.45) is 0 Å². The van der Waals surface area contributed by atoms with E-state index in [1.54, 1.807) is 0 Å². The molecule has 0 spiro atoms. The normalized spacial score (nSPS) is 6.43. The monoisotopic (exact) mass is 363 g/mol. The summed E-state index contributed by atoms with van der Waals surface area (Å²) in [5.41, 5.74) is 0. The van der Waals surface area contributed by atoms with E-state index < -0.39 is 36.6 Å². The summed E-state index contributed by atoms with van der Waals surface area (Å²) in [5, 5.41) is 110. The van der Waals surface area contributed by atoms with Crippen LogP contribution >= 0.6 is 0 Å². The van der Waals surface area contributed by atoms with Crippen molar-refractivity contribution < 1.29 is 92.4 Å². The minimum atomic E-state index is -2.67. The van der Waals surface area contributed by atoms with Gasteiger partial charge < -0.3 is 75.4 Å². The third-order valence-corrected chi connectivity index (χ3v) is 0. The molecule has 0 rings (SSSR count). The van der Waals surface area contributed by atoms with Crippen LogP contribution in [0.2, 0.25) is 0 Å². The Hall–Kier alpha value is 0.244. The maximum absolute atomic E-state index is 8.53. The van der Waals surface area contributed by atoms with Crippen LogP contribution in [0.25, 0.3) is 0 Å². The van der Waals surface area contributed by atoms with E-state index in [-0.39, 0.29) is 17.1 Å². The first kappa shape index (κ1) is 37.5. The molecule has 15 nitrogen and oxygen atoms in total. The third-order valence-electron chi connectivity index (χ3n) is 0. The topological polar surface area (TPSA) is 309 Å². The van der Waals surface area contributed by atoms with E-state index in [4.69, 9.17) is 75.4 Å². The van der Waals surface area contributed by atoms with Gasteiger partial charge in [0.15, 0.2) is 0 Å². The second-order valence-corrected chi connectivity index (χ2v) is 1.69. The van der Waals surface area contributed by atoms with Gasteiger partial charge in [0.1, 0.15) is 0 Å². The molecule has 21 heteroatoms. The molecule has 0 aromatic rings. The van der Waals surface area contributed by atoms with E-state index >= 15 is 0 Å². The van der Waals surface area contributed by atoms with Crippen molar-refractivity contribution in [3.05, 3.63) is 0 Å². The summed E-state index contributed by atoms with van der Waals surface area (Å²) in [6, 6.07) is 0. The molecule has 0 aromatic carbocycles. The van der Waals surface area contributed by atoms with E-state index in [2.05, 4.69) is 0 Å². The molecule has 0 bridgehead atoms. The average molecular weight is 362 g/mol. The molecule has 0 fully saturated rings. The van der Waals surface area contributed by atoms with Crippen LogP contribution in [-0.2, 0) is 17.1 Å². The van der Waals surface area contributed by atoms with Crippen molar-refractivity contribution in [3.63, 3.8) is 0 Å². The van der Waals surface area contributed by atoms with Crippen molar-refractivity contribution in [1.82, 2.24) is 0 Å². The summed E-state index contributed by atoms with van der Waals surface area (Å²) < 4.78 is 0. The molecule has 125 valence electrons. The second-order valence-electron chi connectivity index (χ2n) is 1.69. The molecule has 0 heterocycles. The molecule has 1 radical (unpaired) electrons. The Balaban J connectivity index is -0.0000000331. The summed E-state index contributed by atoms with van der Waals surface area (Å²) in [5.74, 6) is 0.